The van der Waals surface area contributed by atoms with Crippen molar-refractivity contribution in [2.24, 2.45) is 5.84 Å². The van der Waals surface area contributed by atoms with E-state index in [2.05, 4.69) is 10.4 Å². The van der Waals surface area contributed by atoms with Crippen LogP contribution in [0.4, 0.5) is 0 Å². The van der Waals surface area contributed by atoms with Crippen molar-refractivity contribution in [3.05, 3.63) is 53.3 Å². The van der Waals surface area contributed by atoms with Crippen molar-refractivity contribution in [1.29, 1.82) is 0 Å². The number of hydrogen-bond donors (Lipinski definition) is 2. The van der Waals surface area contributed by atoms with E-state index in [9.17, 15) is 0 Å². The maximum Gasteiger partial charge on any atom is 0.166 e. The molecule has 2 heterocycles. The van der Waals surface area contributed by atoms with Crippen LogP contribution in [0, 0.1) is 6.92 Å². The Morgan fingerprint density at radius 3 is 2.80 bits per heavy atom. The fourth-order valence-corrected chi connectivity index (χ4v) is 2.34. The number of nitrogens with zero attached hydrogens (tertiary/aromatic N) is 1. The van der Waals surface area contributed by atoms with E-state index in [0.29, 0.717) is 13.2 Å². The standard InChI is InChI=1S/C15H17N3O2/c1-10-5-6-11(9-17-10)14(18-16)12-3-2-4-13-15(12)20-8-7-19-13/h2-6,9,14,18H,7-8,16H2,1H3. The Bertz CT molecular complexity index is 599. The van der Waals surface area contributed by atoms with Gasteiger partial charge in [-0.2, -0.15) is 0 Å². The van der Waals surface area contributed by atoms with E-state index in [1.807, 2.05) is 43.5 Å². The largest absolute Gasteiger partial charge is 0.486 e. The average Bonchev–Trinajstić information content (AvgIpc) is 2.50. The predicted octanol–water partition coefficient (Wildman–Crippen LogP) is 1.71. The molecule has 5 nitrogen and oxygen atoms in total. The first kappa shape index (κ1) is 12.9. The van der Waals surface area contributed by atoms with Crippen molar-refractivity contribution in [2.75, 3.05) is 13.2 Å². The number of hydrogen-bond acceptors (Lipinski definition) is 5. The lowest BCUT2D eigenvalue weighted by molar-refractivity contribution is 0.169. The van der Waals surface area contributed by atoms with E-state index < -0.39 is 0 Å². The highest BCUT2D eigenvalue weighted by Crippen LogP contribution is 2.38. The third-order valence-electron chi connectivity index (χ3n) is 3.34. The van der Waals surface area contributed by atoms with Crippen molar-refractivity contribution in [3.63, 3.8) is 0 Å². The minimum Gasteiger partial charge on any atom is -0.486 e. The lowest BCUT2D eigenvalue weighted by Crippen LogP contribution is -2.30. The molecule has 0 fully saturated rings. The lowest BCUT2D eigenvalue weighted by Gasteiger charge is -2.25. The molecule has 1 aromatic heterocycles. The molecular formula is C15H17N3O2. The van der Waals surface area contributed by atoms with Gasteiger partial charge in [0.05, 0.1) is 6.04 Å². The van der Waals surface area contributed by atoms with E-state index in [4.69, 9.17) is 15.3 Å². The van der Waals surface area contributed by atoms with Gasteiger partial charge in [-0.3, -0.25) is 10.8 Å². The number of fused-ring (bicyclic) bond motifs is 1. The summed E-state index contributed by atoms with van der Waals surface area (Å²) in [6.07, 6.45) is 1.82. The number of aromatic nitrogens is 1. The number of nitrogens with two attached hydrogens (primary N) is 1. The van der Waals surface area contributed by atoms with Crippen LogP contribution < -0.4 is 20.7 Å². The normalized spacial score (nSPS) is 14.9. The summed E-state index contributed by atoms with van der Waals surface area (Å²) >= 11 is 0. The minimum atomic E-state index is -0.181. The van der Waals surface area contributed by atoms with Crippen molar-refractivity contribution in [3.8, 4) is 11.5 Å². The first-order valence-corrected chi connectivity index (χ1v) is 6.57. The number of hydrazine groups is 1. The zero-order chi connectivity index (χ0) is 13.9. The van der Waals surface area contributed by atoms with E-state index in [1.165, 1.54) is 0 Å². The maximum atomic E-state index is 5.74. The molecule has 0 aliphatic carbocycles. The highest BCUT2D eigenvalue weighted by atomic mass is 16.6. The van der Waals surface area contributed by atoms with Gasteiger partial charge in [0, 0.05) is 17.5 Å². The predicted molar refractivity (Wildman–Crippen MR) is 75.6 cm³/mol. The molecule has 0 saturated heterocycles. The molecule has 3 rings (SSSR count). The zero-order valence-electron chi connectivity index (χ0n) is 11.3. The topological polar surface area (TPSA) is 69.4 Å². The van der Waals surface area contributed by atoms with Gasteiger partial charge in [-0.1, -0.05) is 18.2 Å². The molecule has 0 amide bonds. The average molecular weight is 271 g/mol. The molecule has 1 aromatic carbocycles. The lowest BCUT2D eigenvalue weighted by atomic mass is 9.99. The molecule has 2 aromatic rings. The summed E-state index contributed by atoms with van der Waals surface area (Å²) < 4.78 is 11.3. The molecule has 0 radical (unpaired) electrons. The van der Waals surface area contributed by atoms with Gasteiger partial charge in [-0.15, -0.1) is 0 Å². The van der Waals surface area contributed by atoms with Crippen molar-refractivity contribution >= 4 is 0 Å². The van der Waals surface area contributed by atoms with Crippen LogP contribution in [0.15, 0.2) is 36.5 Å². The van der Waals surface area contributed by atoms with Crippen LogP contribution in [0.5, 0.6) is 11.5 Å². The van der Waals surface area contributed by atoms with Crippen LogP contribution in [0.3, 0.4) is 0 Å². The van der Waals surface area contributed by atoms with Gasteiger partial charge in [0.25, 0.3) is 0 Å². The summed E-state index contributed by atoms with van der Waals surface area (Å²) in [5.41, 5.74) is 5.74. The van der Waals surface area contributed by atoms with E-state index in [1.54, 1.807) is 0 Å². The van der Waals surface area contributed by atoms with Crippen LogP contribution in [-0.4, -0.2) is 18.2 Å². The first-order chi connectivity index (χ1) is 9.79. The Labute approximate surface area is 117 Å². The first-order valence-electron chi connectivity index (χ1n) is 6.57. The Hall–Kier alpha value is -2.11. The van der Waals surface area contributed by atoms with Gasteiger partial charge in [0.2, 0.25) is 0 Å². The molecule has 0 saturated carbocycles. The third-order valence-corrected chi connectivity index (χ3v) is 3.34. The summed E-state index contributed by atoms with van der Waals surface area (Å²) in [7, 11) is 0. The summed E-state index contributed by atoms with van der Waals surface area (Å²) in [6.45, 7) is 3.08. The number of benzene rings is 1. The van der Waals surface area contributed by atoms with Gasteiger partial charge in [-0.05, 0) is 24.6 Å². The van der Waals surface area contributed by atoms with Crippen LogP contribution in [0.2, 0.25) is 0 Å². The molecule has 20 heavy (non-hydrogen) atoms. The highest BCUT2D eigenvalue weighted by Gasteiger charge is 2.22. The Kier molecular flexibility index (Phi) is 3.54. The highest BCUT2D eigenvalue weighted by molar-refractivity contribution is 5.51. The zero-order valence-corrected chi connectivity index (χ0v) is 11.3. The van der Waals surface area contributed by atoms with E-state index in [-0.39, 0.29) is 6.04 Å². The molecule has 1 atom stereocenters. The van der Waals surface area contributed by atoms with E-state index in [0.717, 1.165) is 28.3 Å². The monoisotopic (exact) mass is 271 g/mol. The summed E-state index contributed by atoms with van der Waals surface area (Å²) in [5, 5.41) is 0. The number of rotatable bonds is 3. The van der Waals surface area contributed by atoms with Crippen LogP contribution in [0.1, 0.15) is 22.9 Å². The molecule has 0 spiro atoms. The molecule has 5 heteroatoms. The summed E-state index contributed by atoms with van der Waals surface area (Å²) in [4.78, 5) is 4.32. The molecule has 3 N–H and O–H groups in total. The van der Waals surface area contributed by atoms with Crippen molar-refractivity contribution in [1.82, 2.24) is 10.4 Å². The number of nitrogens with one attached hydrogen (secondary N) is 1. The van der Waals surface area contributed by atoms with Crippen molar-refractivity contribution in [2.45, 2.75) is 13.0 Å². The van der Waals surface area contributed by atoms with Crippen LogP contribution in [-0.2, 0) is 0 Å². The van der Waals surface area contributed by atoms with Gasteiger partial charge >= 0.3 is 0 Å². The van der Waals surface area contributed by atoms with Gasteiger partial charge in [0.1, 0.15) is 13.2 Å². The molecule has 1 aliphatic heterocycles. The second kappa shape index (κ2) is 5.48. The fourth-order valence-electron chi connectivity index (χ4n) is 2.34. The Balaban J connectivity index is 2.03. The third kappa shape index (κ3) is 2.33. The quantitative estimate of drug-likeness (QED) is 0.657. The molecule has 0 bridgehead atoms. The van der Waals surface area contributed by atoms with Crippen molar-refractivity contribution < 1.29 is 9.47 Å². The smallest absolute Gasteiger partial charge is 0.166 e. The molecule has 1 aliphatic rings. The van der Waals surface area contributed by atoms with Gasteiger partial charge in [0.15, 0.2) is 11.5 Å². The summed E-state index contributed by atoms with van der Waals surface area (Å²) in [6, 6.07) is 9.62. The SMILES string of the molecule is Cc1ccc(C(NN)c2cccc3c2OCCO3)cn1. The Morgan fingerprint density at radius 1 is 1.20 bits per heavy atom. The fraction of sp³-hybridized carbons (Fsp3) is 0.267. The van der Waals surface area contributed by atoms with Gasteiger partial charge < -0.3 is 9.47 Å². The second-order valence-corrected chi connectivity index (χ2v) is 4.70. The maximum absolute atomic E-state index is 5.74. The van der Waals surface area contributed by atoms with Gasteiger partial charge in [-0.25, -0.2) is 5.43 Å². The summed E-state index contributed by atoms with van der Waals surface area (Å²) in [5.74, 6) is 7.24. The molecule has 1 unspecified atom stereocenters. The number of aryl methyl sites for hydroxylation is 1. The van der Waals surface area contributed by atoms with Crippen LogP contribution >= 0.6 is 0 Å². The van der Waals surface area contributed by atoms with Crippen LogP contribution in [0.25, 0.3) is 0 Å². The number of ether oxygens (including phenoxy) is 2. The Morgan fingerprint density at radius 2 is 2.05 bits per heavy atom. The minimum absolute atomic E-state index is 0.181. The number of pyridine rings is 1. The number of para-hydroxylation sites is 1. The molecule has 104 valence electrons. The second-order valence-electron chi connectivity index (χ2n) is 4.70. The molecular weight excluding hydrogens is 254 g/mol. The van der Waals surface area contributed by atoms with E-state index >= 15 is 0 Å².